The Hall–Kier alpha value is -0.140. The maximum absolute atomic E-state index is 11.8. The van der Waals surface area contributed by atoms with E-state index in [4.69, 9.17) is 0 Å². The second-order valence-corrected chi connectivity index (χ2v) is 5.47. The third kappa shape index (κ3) is 4.03. The predicted octanol–water partition coefficient (Wildman–Crippen LogP) is 2.55. The molecule has 0 aliphatic rings. The molecule has 2 N–H and O–H groups in total. The maximum Gasteiger partial charge on any atom is 0.252 e. The fraction of sp³-hybridized carbons (Fsp3) is 0.364. The lowest BCUT2D eigenvalue weighted by Gasteiger charge is -2.10. The van der Waals surface area contributed by atoms with E-state index in [0.29, 0.717) is 12.0 Å². The number of halogens is 2. The Morgan fingerprint density at radius 2 is 2.31 bits per heavy atom. The van der Waals surface area contributed by atoms with Crippen LogP contribution in [0.5, 0.6) is 0 Å². The van der Waals surface area contributed by atoms with E-state index in [-0.39, 0.29) is 12.5 Å². The van der Waals surface area contributed by atoms with E-state index in [1.807, 2.05) is 19.1 Å². The van der Waals surface area contributed by atoms with Crippen LogP contribution in [0, 0.1) is 3.57 Å². The van der Waals surface area contributed by atoms with Crippen LogP contribution in [0.25, 0.3) is 0 Å². The van der Waals surface area contributed by atoms with Crippen LogP contribution in [0.15, 0.2) is 22.7 Å². The van der Waals surface area contributed by atoms with Gasteiger partial charge in [-0.3, -0.25) is 4.79 Å². The standard InChI is InChI=1S/C11H13BrINO2/c1-2-8(15)6-14-11(16)9-5-7(12)3-4-10(9)13/h3-5,8,15H,2,6H2,1H3,(H,14,16). The Bertz CT molecular complexity index is 384. The van der Waals surface area contributed by atoms with E-state index in [1.165, 1.54) is 0 Å². The van der Waals surface area contributed by atoms with Gasteiger partial charge in [-0.2, -0.15) is 0 Å². The van der Waals surface area contributed by atoms with Crippen molar-refractivity contribution in [1.29, 1.82) is 0 Å². The highest BCUT2D eigenvalue weighted by Crippen LogP contribution is 2.18. The van der Waals surface area contributed by atoms with Crippen molar-refractivity contribution in [3.8, 4) is 0 Å². The van der Waals surface area contributed by atoms with Gasteiger partial charge in [-0.15, -0.1) is 0 Å². The summed E-state index contributed by atoms with van der Waals surface area (Å²) in [6, 6.07) is 5.53. The molecule has 0 aromatic heterocycles. The average molecular weight is 398 g/mol. The van der Waals surface area contributed by atoms with Crippen molar-refractivity contribution >= 4 is 44.4 Å². The monoisotopic (exact) mass is 397 g/mol. The number of carbonyl (C=O) groups excluding carboxylic acids is 1. The fourth-order valence-electron chi connectivity index (χ4n) is 1.12. The van der Waals surface area contributed by atoms with Gasteiger partial charge in [0.15, 0.2) is 0 Å². The van der Waals surface area contributed by atoms with Gasteiger partial charge in [0.2, 0.25) is 0 Å². The number of carbonyl (C=O) groups is 1. The minimum Gasteiger partial charge on any atom is -0.391 e. The van der Waals surface area contributed by atoms with Gasteiger partial charge in [0.25, 0.3) is 5.91 Å². The van der Waals surface area contributed by atoms with Crippen LogP contribution in [-0.4, -0.2) is 23.7 Å². The second-order valence-electron chi connectivity index (χ2n) is 3.40. The van der Waals surface area contributed by atoms with Gasteiger partial charge in [-0.05, 0) is 47.2 Å². The first-order chi connectivity index (χ1) is 7.54. The highest BCUT2D eigenvalue weighted by Gasteiger charge is 2.11. The molecule has 0 heterocycles. The molecule has 1 atom stereocenters. The van der Waals surface area contributed by atoms with E-state index < -0.39 is 6.10 Å². The Labute approximate surface area is 117 Å². The lowest BCUT2D eigenvalue weighted by Crippen LogP contribution is -2.32. The maximum atomic E-state index is 11.8. The molecule has 0 spiro atoms. The summed E-state index contributed by atoms with van der Waals surface area (Å²) in [4.78, 5) is 11.8. The van der Waals surface area contributed by atoms with Crippen LogP contribution >= 0.6 is 38.5 Å². The molecule has 0 aliphatic heterocycles. The number of aliphatic hydroxyl groups is 1. The Morgan fingerprint density at radius 3 is 2.94 bits per heavy atom. The molecule has 1 aromatic carbocycles. The van der Waals surface area contributed by atoms with Crippen molar-refractivity contribution in [3.05, 3.63) is 31.8 Å². The molecule has 0 saturated heterocycles. The lowest BCUT2D eigenvalue weighted by atomic mass is 10.2. The summed E-state index contributed by atoms with van der Waals surface area (Å²) in [6.45, 7) is 2.16. The summed E-state index contributed by atoms with van der Waals surface area (Å²) < 4.78 is 1.76. The largest absolute Gasteiger partial charge is 0.391 e. The number of rotatable bonds is 4. The van der Waals surface area contributed by atoms with E-state index >= 15 is 0 Å². The number of amides is 1. The van der Waals surface area contributed by atoms with Gasteiger partial charge in [0, 0.05) is 14.6 Å². The predicted molar refractivity (Wildman–Crippen MR) is 75.5 cm³/mol. The number of hydrogen-bond acceptors (Lipinski definition) is 2. The van der Waals surface area contributed by atoms with Gasteiger partial charge in [-0.1, -0.05) is 22.9 Å². The third-order valence-corrected chi connectivity index (χ3v) is 3.58. The van der Waals surface area contributed by atoms with Crippen molar-refractivity contribution in [2.75, 3.05) is 6.54 Å². The molecule has 0 bridgehead atoms. The smallest absolute Gasteiger partial charge is 0.252 e. The molecular formula is C11H13BrINO2. The van der Waals surface area contributed by atoms with Gasteiger partial charge < -0.3 is 10.4 Å². The van der Waals surface area contributed by atoms with Crippen molar-refractivity contribution in [2.24, 2.45) is 0 Å². The van der Waals surface area contributed by atoms with Crippen LogP contribution in [0.1, 0.15) is 23.7 Å². The molecule has 88 valence electrons. The molecule has 0 fully saturated rings. The average Bonchev–Trinajstić information content (AvgIpc) is 2.28. The molecular weight excluding hydrogens is 385 g/mol. The van der Waals surface area contributed by atoms with E-state index in [2.05, 4.69) is 43.8 Å². The quantitative estimate of drug-likeness (QED) is 0.767. The molecule has 1 aromatic rings. The Morgan fingerprint density at radius 1 is 1.62 bits per heavy atom. The summed E-state index contributed by atoms with van der Waals surface area (Å²) >= 11 is 5.44. The Balaban J connectivity index is 2.69. The molecule has 16 heavy (non-hydrogen) atoms. The van der Waals surface area contributed by atoms with Crippen LogP contribution in [0.4, 0.5) is 0 Å². The molecule has 3 nitrogen and oxygen atoms in total. The minimum absolute atomic E-state index is 0.154. The van der Waals surface area contributed by atoms with E-state index in [1.54, 1.807) is 6.07 Å². The van der Waals surface area contributed by atoms with Crippen LogP contribution in [0.2, 0.25) is 0 Å². The summed E-state index contributed by atoms with van der Waals surface area (Å²) in [6.07, 6.45) is 0.157. The normalized spacial score (nSPS) is 12.2. The van der Waals surface area contributed by atoms with Gasteiger partial charge in [0.1, 0.15) is 0 Å². The van der Waals surface area contributed by atoms with E-state index in [0.717, 1.165) is 8.04 Å². The SMILES string of the molecule is CCC(O)CNC(=O)c1cc(Br)ccc1I. The summed E-state index contributed by atoms with van der Waals surface area (Å²) in [5.41, 5.74) is 0.623. The third-order valence-electron chi connectivity index (χ3n) is 2.14. The fourth-order valence-corrected chi connectivity index (χ4v) is 2.06. The first-order valence-corrected chi connectivity index (χ1v) is 6.83. The lowest BCUT2D eigenvalue weighted by molar-refractivity contribution is 0.0913. The zero-order chi connectivity index (χ0) is 12.1. The van der Waals surface area contributed by atoms with Gasteiger partial charge >= 0.3 is 0 Å². The molecule has 0 aliphatic carbocycles. The van der Waals surface area contributed by atoms with E-state index in [9.17, 15) is 9.90 Å². The summed E-state index contributed by atoms with van der Waals surface area (Å²) in [5, 5.41) is 12.1. The number of aliphatic hydroxyl groups excluding tert-OH is 1. The van der Waals surface area contributed by atoms with Crippen molar-refractivity contribution in [3.63, 3.8) is 0 Å². The molecule has 0 saturated carbocycles. The molecule has 5 heteroatoms. The van der Waals surface area contributed by atoms with Gasteiger partial charge in [0.05, 0.1) is 11.7 Å². The zero-order valence-corrected chi connectivity index (χ0v) is 12.6. The van der Waals surface area contributed by atoms with Crippen molar-refractivity contribution in [1.82, 2.24) is 5.32 Å². The molecule has 1 amide bonds. The first-order valence-electron chi connectivity index (χ1n) is 4.96. The zero-order valence-electron chi connectivity index (χ0n) is 8.84. The number of nitrogens with one attached hydrogen (secondary N) is 1. The second kappa shape index (κ2) is 6.56. The van der Waals surface area contributed by atoms with Crippen LogP contribution < -0.4 is 5.32 Å². The Kier molecular flexibility index (Phi) is 5.71. The number of hydrogen-bond donors (Lipinski definition) is 2. The van der Waals surface area contributed by atoms with Gasteiger partial charge in [-0.25, -0.2) is 0 Å². The van der Waals surface area contributed by atoms with Crippen molar-refractivity contribution < 1.29 is 9.90 Å². The molecule has 1 rings (SSSR count). The van der Waals surface area contributed by atoms with Crippen molar-refractivity contribution in [2.45, 2.75) is 19.4 Å². The van der Waals surface area contributed by atoms with Crippen LogP contribution in [0.3, 0.4) is 0 Å². The first kappa shape index (κ1) is 13.9. The highest BCUT2D eigenvalue weighted by molar-refractivity contribution is 14.1. The summed E-state index contributed by atoms with van der Waals surface area (Å²) in [5.74, 6) is -0.154. The molecule has 1 unspecified atom stereocenters. The summed E-state index contributed by atoms with van der Waals surface area (Å²) in [7, 11) is 0. The highest BCUT2D eigenvalue weighted by atomic mass is 127. The minimum atomic E-state index is -0.478. The van der Waals surface area contributed by atoms with Crippen LogP contribution in [-0.2, 0) is 0 Å². The number of benzene rings is 1. The molecule has 0 radical (unpaired) electrons. The topological polar surface area (TPSA) is 49.3 Å².